The van der Waals surface area contributed by atoms with Crippen molar-refractivity contribution in [3.8, 4) is 5.75 Å². The van der Waals surface area contributed by atoms with E-state index in [0.29, 0.717) is 16.3 Å². The number of anilines is 1. The second-order valence-corrected chi connectivity index (χ2v) is 6.57. The summed E-state index contributed by atoms with van der Waals surface area (Å²) in [6.45, 7) is -0.408. The highest BCUT2D eigenvalue weighted by Gasteiger charge is 2.17. The third kappa shape index (κ3) is 3.90. The molecule has 1 heterocycles. The van der Waals surface area contributed by atoms with E-state index in [9.17, 15) is 9.59 Å². The number of thiophene rings is 1. The molecule has 0 unspecified atom stereocenters. The Morgan fingerprint density at radius 2 is 2.04 bits per heavy atom. The number of aliphatic carboxylic acids is 1. The van der Waals surface area contributed by atoms with Crippen molar-refractivity contribution in [2.45, 2.75) is 25.7 Å². The summed E-state index contributed by atoms with van der Waals surface area (Å²) in [7, 11) is 0. The van der Waals surface area contributed by atoms with Crippen LogP contribution in [0.1, 0.15) is 33.0 Å². The number of ether oxygens (including phenoxy) is 1. The molecule has 1 aromatic carbocycles. The number of aryl methyl sites for hydroxylation is 2. The predicted molar refractivity (Wildman–Crippen MR) is 88.5 cm³/mol. The highest BCUT2D eigenvalue weighted by molar-refractivity contribution is 7.14. The van der Waals surface area contributed by atoms with E-state index >= 15 is 0 Å². The molecule has 120 valence electrons. The molecule has 23 heavy (non-hydrogen) atoms. The number of hydrogen-bond donors (Lipinski definition) is 2. The normalized spacial score (nSPS) is 13.2. The van der Waals surface area contributed by atoms with Crippen molar-refractivity contribution in [2.24, 2.45) is 0 Å². The maximum Gasteiger partial charge on any atom is 0.341 e. The Balaban J connectivity index is 1.68. The maximum atomic E-state index is 12.4. The highest BCUT2D eigenvalue weighted by atomic mass is 32.1. The Labute approximate surface area is 137 Å². The Kier molecular flexibility index (Phi) is 4.62. The first kappa shape index (κ1) is 15.6. The van der Waals surface area contributed by atoms with E-state index in [1.54, 1.807) is 35.6 Å². The van der Waals surface area contributed by atoms with E-state index < -0.39 is 12.6 Å². The van der Waals surface area contributed by atoms with Gasteiger partial charge in [-0.2, -0.15) is 0 Å². The third-order valence-corrected chi connectivity index (χ3v) is 4.91. The van der Waals surface area contributed by atoms with Crippen LogP contribution in [0.4, 0.5) is 5.69 Å². The number of hydrogen-bond acceptors (Lipinski definition) is 4. The molecule has 0 saturated heterocycles. The van der Waals surface area contributed by atoms with Crippen LogP contribution in [0.25, 0.3) is 0 Å². The number of carboxylic acid groups (broad SMARTS) is 1. The number of fused-ring (bicyclic) bond motifs is 1. The number of carbonyl (C=O) groups is 2. The van der Waals surface area contributed by atoms with Crippen molar-refractivity contribution in [3.05, 3.63) is 45.6 Å². The lowest BCUT2D eigenvalue weighted by Crippen LogP contribution is -2.11. The second kappa shape index (κ2) is 6.83. The molecule has 6 heteroatoms. The van der Waals surface area contributed by atoms with Crippen molar-refractivity contribution in [1.82, 2.24) is 0 Å². The number of nitrogens with one attached hydrogen (secondary N) is 1. The summed E-state index contributed by atoms with van der Waals surface area (Å²) < 4.78 is 5.11. The fraction of sp³-hybridized carbons (Fsp3) is 0.294. The molecule has 0 aliphatic heterocycles. The lowest BCUT2D eigenvalue weighted by molar-refractivity contribution is -0.139. The summed E-state index contributed by atoms with van der Waals surface area (Å²) in [5.41, 5.74) is 1.88. The summed E-state index contributed by atoms with van der Waals surface area (Å²) in [4.78, 5) is 24.9. The quantitative estimate of drug-likeness (QED) is 0.881. The van der Waals surface area contributed by atoms with Crippen LogP contribution < -0.4 is 10.1 Å². The van der Waals surface area contributed by atoms with Crippen LogP contribution in [0, 0.1) is 0 Å². The lowest BCUT2D eigenvalue weighted by Gasteiger charge is -2.08. The molecule has 2 aromatic rings. The Morgan fingerprint density at radius 1 is 1.22 bits per heavy atom. The zero-order valence-corrected chi connectivity index (χ0v) is 13.3. The van der Waals surface area contributed by atoms with Crippen LogP contribution in [-0.4, -0.2) is 23.6 Å². The molecule has 0 atom stereocenters. The number of benzene rings is 1. The zero-order valence-electron chi connectivity index (χ0n) is 12.5. The van der Waals surface area contributed by atoms with Gasteiger partial charge in [-0.1, -0.05) is 6.07 Å². The van der Waals surface area contributed by atoms with Crippen LogP contribution in [0.15, 0.2) is 30.3 Å². The van der Waals surface area contributed by atoms with Gasteiger partial charge in [0, 0.05) is 16.6 Å². The van der Waals surface area contributed by atoms with E-state index in [0.717, 1.165) is 12.8 Å². The molecule has 0 radical (unpaired) electrons. The smallest absolute Gasteiger partial charge is 0.341 e. The summed E-state index contributed by atoms with van der Waals surface area (Å²) in [5.74, 6) is -0.765. The molecule has 0 saturated carbocycles. The average Bonchev–Trinajstić information content (AvgIpc) is 2.97. The minimum absolute atomic E-state index is 0.139. The fourth-order valence-electron chi connectivity index (χ4n) is 2.60. The first-order valence-corrected chi connectivity index (χ1v) is 8.31. The van der Waals surface area contributed by atoms with Gasteiger partial charge in [0.15, 0.2) is 6.61 Å². The molecule has 2 N–H and O–H groups in total. The van der Waals surface area contributed by atoms with Gasteiger partial charge in [-0.25, -0.2) is 4.79 Å². The monoisotopic (exact) mass is 331 g/mol. The second-order valence-electron chi connectivity index (χ2n) is 5.43. The Hall–Kier alpha value is -2.34. The maximum absolute atomic E-state index is 12.4. The van der Waals surface area contributed by atoms with E-state index in [1.165, 1.54) is 23.3 Å². The van der Waals surface area contributed by atoms with E-state index in [1.807, 2.05) is 6.07 Å². The first-order chi connectivity index (χ1) is 11.1. The SMILES string of the molecule is O=C(O)COc1cccc(NC(=O)c2cc3c(s2)CCCC3)c1. The van der Waals surface area contributed by atoms with Crippen LogP contribution in [-0.2, 0) is 17.6 Å². The number of carbonyl (C=O) groups excluding carboxylic acids is 1. The molecule has 5 nitrogen and oxygen atoms in total. The van der Waals surface area contributed by atoms with Crippen LogP contribution >= 0.6 is 11.3 Å². The molecule has 0 spiro atoms. The van der Waals surface area contributed by atoms with Crippen molar-refractivity contribution in [3.63, 3.8) is 0 Å². The van der Waals surface area contributed by atoms with Crippen molar-refractivity contribution in [1.29, 1.82) is 0 Å². The largest absolute Gasteiger partial charge is 0.482 e. The molecule has 1 aliphatic rings. The molecule has 1 aliphatic carbocycles. The minimum atomic E-state index is -1.04. The van der Waals surface area contributed by atoms with Crippen LogP contribution in [0.2, 0.25) is 0 Å². The van der Waals surface area contributed by atoms with Crippen LogP contribution in [0.5, 0.6) is 5.75 Å². The van der Waals surface area contributed by atoms with Gasteiger partial charge in [-0.15, -0.1) is 11.3 Å². The number of amides is 1. The van der Waals surface area contributed by atoms with Gasteiger partial charge >= 0.3 is 5.97 Å². The third-order valence-electron chi connectivity index (χ3n) is 3.67. The molecule has 0 bridgehead atoms. The minimum Gasteiger partial charge on any atom is -0.482 e. The van der Waals surface area contributed by atoms with Crippen molar-refractivity contribution >= 4 is 28.9 Å². The summed E-state index contributed by atoms with van der Waals surface area (Å²) in [5, 5.41) is 11.5. The van der Waals surface area contributed by atoms with Gasteiger partial charge < -0.3 is 15.2 Å². The van der Waals surface area contributed by atoms with Crippen molar-refractivity contribution in [2.75, 3.05) is 11.9 Å². The molecule has 1 aromatic heterocycles. The summed E-state index contributed by atoms with van der Waals surface area (Å²) in [6.07, 6.45) is 4.49. The zero-order chi connectivity index (χ0) is 16.2. The molecule has 3 rings (SSSR count). The van der Waals surface area contributed by atoms with Crippen LogP contribution in [0.3, 0.4) is 0 Å². The Bertz CT molecular complexity index is 714. The van der Waals surface area contributed by atoms with Gasteiger partial charge in [0.2, 0.25) is 0 Å². The predicted octanol–water partition coefficient (Wildman–Crippen LogP) is 3.34. The number of carboxylic acids is 1. The van der Waals surface area contributed by atoms with Crippen molar-refractivity contribution < 1.29 is 19.4 Å². The van der Waals surface area contributed by atoms with Gasteiger partial charge in [0.1, 0.15) is 5.75 Å². The lowest BCUT2D eigenvalue weighted by atomic mass is 9.99. The van der Waals surface area contributed by atoms with E-state index in [2.05, 4.69) is 5.32 Å². The summed E-state index contributed by atoms with van der Waals surface area (Å²) in [6, 6.07) is 8.72. The first-order valence-electron chi connectivity index (χ1n) is 7.49. The fourth-order valence-corrected chi connectivity index (χ4v) is 3.75. The Morgan fingerprint density at radius 3 is 2.83 bits per heavy atom. The molecule has 1 amide bonds. The topological polar surface area (TPSA) is 75.6 Å². The molecular formula is C17H17NO4S. The average molecular weight is 331 g/mol. The van der Waals surface area contributed by atoms with E-state index in [4.69, 9.17) is 9.84 Å². The molecule has 0 fully saturated rings. The standard InChI is InChI=1S/C17H17NO4S/c19-16(20)10-22-13-6-3-5-12(9-13)18-17(21)15-8-11-4-1-2-7-14(11)23-15/h3,5-6,8-9H,1-2,4,7,10H2,(H,18,21)(H,19,20). The number of rotatable bonds is 5. The highest BCUT2D eigenvalue weighted by Crippen LogP contribution is 2.30. The van der Waals surface area contributed by atoms with Gasteiger partial charge in [0.05, 0.1) is 4.88 Å². The van der Waals surface area contributed by atoms with Gasteiger partial charge in [-0.05, 0) is 49.4 Å². The van der Waals surface area contributed by atoms with Gasteiger partial charge in [-0.3, -0.25) is 4.79 Å². The van der Waals surface area contributed by atoms with E-state index in [-0.39, 0.29) is 5.91 Å². The summed E-state index contributed by atoms with van der Waals surface area (Å²) >= 11 is 1.56. The molecular weight excluding hydrogens is 314 g/mol. The van der Waals surface area contributed by atoms with Gasteiger partial charge in [0.25, 0.3) is 5.91 Å².